The molecule has 1 aliphatic heterocycles. The molecule has 1 aliphatic rings. The first-order valence-corrected chi connectivity index (χ1v) is 5.03. The van der Waals surface area contributed by atoms with E-state index in [1.807, 2.05) is 6.92 Å². The third kappa shape index (κ3) is 1.95. The molecule has 80 valence electrons. The van der Waals surface area contributed by atoms with Gasteiger partial charge in [0.1, 0.15) is 0 Å². The van der Waals surface area contributed by atoms with Gasteiger partial charge in [-0.2, -0.15) is 0 Å². The number of benzene rings is 1. The van der Waals surface area contributed by atoms with Crippen LogP contribution in [0, 0.1) is 0 Å². The van der Waals surface area contributed by atoms with Gasteiger partial charge in [0.2, 0.25) is 0 Å². The van der Waals surface area contributed by atoms with Crippen LogP contribution < -0.4 is 11.3 Å². The van der Waals surface area contributed by atoms with Crippen LogP contribution in [-0.2, 0) is 18.0 Å². The summed E-state index contributed by atoms with van der Waals surface area (Å²) in [5.41, 5.74) is 7.46. The van der Waals surface area contributed by atoms with Crippen molar-refractivity contribution in [3.63, 3.8) is 0 Å². The Labute approximate surface area is 89.9 Å². The predicted molar refractivity (Wildman–Crippen MR) is 59.8 cm³/mol. The zero-order valence-electron chi connectivity index (χ0n) is 8.92. The predicted octanol–water partition coefficient (Wildman–Crippen LogP) is 1.80. The molecule has 3 nitrogen and oxygen atoms in total. The van der Waals surface area contributed by atoms with E-state index in [0.717, 1.165) is 17.7 Å². The van der Waals surface area contributed by atoms with Crippen LogP contribution in [-0.4, -0.2) is 0 Å². The first-order valence-electron chi connectivity index (χ1n) is 5.03. The molecule has 3 heteroatoms. The zero-order valence-corrected chi connectivity index (χ0v) is 8.92. The van der Waals surface area contributed by atoms with E-state index in [4.69, 9.17) is 10.6 Å². The van der Waals surface area contributed by atoms with Gasteiger partial charge in [-0.05, 0) is 23.6 Å². The molecule has 0 fully saturated rings. The number of nitrogens with one attached hydrogen (secondary N) is 1. The van der Waals surface area contributed by atoms with Crippen LogP contribution in [0.5, 0.6) is 0 Å². The van der Waals surface area contributed by atoms with E-state index in [2.05, 4.69) is 30.2 Å². The van der Waals surface area contributed by atoms with E-state index in [1.165, 1.54) is 11.1 Å². The summed E-state index contributed by atoms with van der Waals surface area (Å²) < 4.78 is 5.37. The Balaban J connectivity index is 2.32. The molecule has 0 radical (unpaired) electrons. The maximum atomic E-state index is 5.51. The van der Waals surface area contributed by atoms with Crippen molar-refractivity contribution in [2.24, 2.45) is 5.84 Å². The summed E-state index contributed by atoms with van der Waals surface area (Å²) in [6.07, 6.45) is 0. The molecule has 3 N–H and O–H groups in total. The number of fused-ring (bicyclic) bond motifs is 1. The van der Waals surface area contributed by atoms with Gasteiger partial charge >= 0.3 is 0 Å². The fourth-order valence-electron chi connectivity index (χ4n) is 1.89. The van der Waals surface area contributed by atoms with E-state index in [0.29, 0.717) is 6.61 Å². The first kappa shape index (κ1) is 10.4. The van der Waals surface area contributed by atoms with E-state index in [-0.39, 0.29) is 6.04 Å². The lowest BCUT2D eigenvalue weighted by atomic mass is 9.98. The Morgan fingerprint density at radius 2 is 2.20 bits per heavy atom. The van der Waals surface area contributed by atoms with Gasteiger partial charge in [-0.15, -0.1) is 0 Å². The molecule has 0 spiro atoms. The lowest BCUT2D eigenvalue weighted by molar-refractivity contribution is 0.134. The van der Waals surface area contributed by atoms with Crippen molar-refractivity contribution < 1.29 is 4.74 Å². The second kappa shape index (κ2) is 4.14. The minimum absolute atomic E-state index is 0.0240. The van der Waals surface area contributed by atoms with Gasteiger partial charge in [0.15, 0.2) is 0 Å². The monoisotopic (exact) mass is 204 g/mol. The number of rotatable bonds is 3. The van der Waals surface area contributed by atoms with Crippen LogP contribution >= 0.6 is 0 Å². The molecule has 1 heterocycles. The lowest BCUT2D eigenvalue weighted by Gasteiger charge is -2.17. The Kier molecular flexibility index (Phi) is 2.86. The first-order chi connectivity index (χ1) is 7.22. The summed E-state index contributed by atoms with van der Waals surface area (Å²) in [5, 5.41) is 0. The summed E-state index contributed by atoms with van der Waals surface area (Å²) in [4.78, 5) is 0. The smallest absolute Gasteiger partial charge is 0.0725 e. The summed E-state index contributed by atoms with van der Waals surface area (Å²) in [7, 11) is 0. The molecule has 1 aromatic rings. The van der Waals surface area contributed by atoms with Gasteiger partial charge in [0.05, 0.1) is 19.3 Å². The van der Waals surface area contributed by atoms with Crippen molar-refractivity contribution in [1.29, 1.82) is 0 Å². The molecule has 1 unspecified atom stereocenters. The summed E-state index contributed by atoms with van der Waals surface area (Å²) >= 11 is 0. The Morgan fingerprint density at radius 1 is 1.47 bits per heavy atom. The van der Waals surface area contributed by atoms with E-state index >= 15 is 0 Å². The Bertz CT molecular complexity index is 387. The molecule has 0 bridgehead atoms. The molecule has 0 aromatic heterocycles. The third-order valence-electron chi connectivity index (χ3n) is 2.74. The Hall–Kier alpha value is -1.16. The minimum Gasteiger partial charge on any atom is -0.372 e. The second-order valence-electron chi connectivity index (χ2n) is 3.97. The average Bonchev–Trinajstić information content (AvgIpc) is 2.65. The molecule has 0 aliphatic carbocycles. The van der Waals surface area contributed by atoms with Crippen LogP contribution in [0.3, 0.4) is 0 Å². The number of nitrogens with two attached hydrogens (primary N) is 1. The normalized spacial score (nSPS) is 16.1. The van der Waals surface area contributed by atoms with Crippen LogP contribution in [0.25, 0.3) is 0 Å². The summed E-state index contributed by atoms with van der Waals surface area (Å²) in [6.45, 7) is 7.32. The highest BCUT2D eigenvalue weighted by Crippen LogP contribution is 2.26. The molecule has 2 rings (SSSR count). The topological polar surface area (TPSA) is 47.3 Å². The molecular formula is C12H16N2O. The summed E-state index contributed by atoms with van der Waals surface area (Å²) in [5.74, 6) is 5.51. The van der Waals surface area contributed by atoms with Gasteiger partial charge in [-0.25, -0.2) is 5.43 Å². The van der Waals surface area contributed by atoms with Gasteiger partial charge in [-0.3, -0.25) is 5.84 Å². The van der Waals surface area contributed by atoms with E-state index < -0.39 is 0 Å². The van der Waals surface area contributed by atoms with Crippen molar-refractivity contribution in [1.82, 2.24) is 5.43 Å². The van der Waals surface area contributed by atoms with Crippen LogP contribution in [0.1, 0.15) is 29.7 Å². The molecule has 1 atom stereocenters. The number of hydrogen-bond acceptors (Lipinski definition) is 3. The van der Waals surface area contributed by atoms with E-state index in [1.54, 1.807) is 0 Å². The number of ether oxygens (including phenoxy) is 1. The van der Waals surface area contributed by atoms with Gasteiger partial charge in [0.25, 0.3) is 0 Å². The lowest BCUT2D eigenvalue weighted by Crippen LogP contribution is -2.28. The SMILES string of the molecule is C=C(C)C(NN)c1ccc2c(c1)COC2. The van der Waals surface area contributed by atoms with Crippen molar-refractivity contribution >= 4 is 0 Å². The quantitative estimate of drug-likeness (QED) is 0.448. The van der Waals surface area contributed by atoms with Crippen LogP contribution in [0.4, 0.5) is 0 Å². The van der Waals surface area contributed by atoms with Crippen LogP contribution in [0.15, 0.2) is 30.4 Å². The highest BCUT2D eigenvalue weighted by molar-refractivity contribution is 5.36. The number of hydrazine groups is 1. The number of hydrogen-bond donors (Lipinski definition) is 2. The molecule has 0 saturated heterocycles. The molecule has 15 heavy (non-hydrogen) atoms. The largest absolute Gasteiger partial charge is 0.372 e. The van der Waals surface area contributed by atoms with Gasteiger partial charge in [0, 0.05) is 0 Å². The Morgan fingerprint density at radius 3 is 2.87 bits per heavy atom. The van der Waals surface area contributed by atoms with Crippen molar-refractivity contribution in [2.45, 2.75) is 26.2 Å². The summed E-state index contributed by atoms with van der Waals surface area (Å²) in [6, 6.07) is 6.34. The third-order valence-corrected chi connectivity index (χ3v) is 2.74. The molecular weight excluding hydrogens is 188 g/mol. The van der Waals surface area contributed by atoms with Crippen molar-refractivity contribution in [3.05, 3.63) is 47.0 Å². The zero-order chi connectivity index (χ0) is 10.8. The standard InChI is InChI=1S/C12H16N2O/c1-8(2)12(14-13)9-3-4-10-6-15-7-11(10)5-9/h3-5,12,14H,1,6-7,13H2,2H3. The second-order valence-corrected chi connectivity index (χ2v) is 3.97. The van der Waals surface area contributed by atoms with Crippen molar-refractivity contribution in [2.75, 3.05) is 0 Å². The molecule has 0 amide bonds. The molecule has 1 aromatic carbocycles. The van der Waals surface area contributed by atoms with Crippen molar-refractivity contribution in [3.8, 4) is 0 Å². The highest BCUT2D eigenvalue weighted by atomic mass is 16.5. The minimum atomic E-state index is 0.0240. The van der Waals surface area contributed by atoms with Gasteiger partial charge < -0.3 is 4.74 Å². The maximum Gasteiger partial charge on any atom is 0.0725 e. The molecule has 0 saturated carbocycles. The fourth-order valence-corrected chi connectivity index (χ4v) is 1.89. The highest BCUT2D eigenvalue weighted by Gasteiger charge is 2.15. The van der Waals surface area contributed by atoms with Crippen LogP contribution in [0.2, 0.25) is 0 Å². The average molecular weight is 204 g/mol. The van der Waals surface area contributed by atoms with E-state index in [9.17, 15) is 0 Å². The maximum absolute atomic E-state index is 5.51. The van der Waals surface area contributed by atoms with Gasteiger partial charge in [-0.1, -0.05) is 30.4 Å². The fraction of sp³-hybridized carbons (Fsp3) is 0.333.